The van der Waals surface area contributed by atoms with Crippen molar-refractivity contribution in [2.75, 3.05) is 12.4 Å². The highest BCUT2D eigenvalue weighted by Gasteiger charge is 2.18. The van der Waals surface area contributed by atoms with Gasteiger partial charge in [0.05, 0.1) is 10.5 Å². The Hall–Kier alpha value is -3.68. The Morgan fingerprint density at radius 2 is 2.00 bits per heavy atom. The van der Waals surface area contributed by atoms with Crippen LogP contribution in [0.25, 0.3) is 11.0 Å². The van der Waals surface area contributed by atoms with E-state index in [1.807, 2.05) is 19.1 Å². The van der Waals surface area contributed by atoms with Crippen LogP contribution in [0.4, 0.5) is 11.4 Å². The summed E-state index contributed by atoms with van der Waals surface area (Å²) in [4.78, 5) is 34.7. The maximum absolute atomic E-state index is 12.3. The third-order valence-electron chi connectivity index (χ3n) is 4.36. The van der Waals surface area contributed by atoms with Crippen molar-refractivity contribution >= 4 is 28.3 Å². The third kappa shape index (κ3) is 3.85. The summed E-state index contributed by atoms with van der Waals surface area (Å²) in [6.07, 6.45) is 0.792. The molecule has 0 unspecified atom stereocenters. The molecule has 3 aromatic rings. The van der Waals surface area contributed by atoms with Gasteiger partial charge in [0.1, 0.15) is 17.9 Å². The molecule has 0 amide bonds. The summed E-state index contributed by atoms with van der Waals surface area (Å²) in [5.41, 5.74) is 1.51. The molecule has 0 aliphatic carbocycles. The zero-order chi connectivity index (χ0) is 20.3. The molecule has 1 N–H and O–H groups in total. The van der Waals surface area contributed by atoms with Crippen molar-refractivity contribution in [3.05, 3.63) is 79.7 Å². The number of hydrogen-bond donors (Lipinski definition) is 1. The van der Waals surface area contributed by atoms with E-state index in [9.17, 15) is 19.7 Å². The number of nitro benzene ring substituents is 1. The second-order valence-electron chi connectivity index (χ2n) is 6.09. The van der Waals surface area contributed by atoms with Crippen molar-refractivity contribution in [2.24, 2.45) is 0 Å². The minimum Gasteiger partial charge on any atom is -0.457 e. The van der Waals surface area contributed by atoms with Gasteiger partial charge in [0.25, 0.3) is 5.69 Å². The van der Waals surface area contributed by atoms with Crippen LogP contribution in [0.15, 0.2) is 51.7 Å². The fraction of sp³-hybridized carbons (Fsp3) is 0.200. The number of aryl methyl sites for hydroxylation is 1. The molecule has 0 saturated heterocycles. The second-order valence-corrected chi connectivity index (χ2v) is 6.09. The Balaban J connectivity index is 1.86. The van der Waals surface area contributed by atoms with Crippen LogP contribution in [0.2, 0.25) is 0 Å². The van der Waals surface area contributed by atoms with Gasteiger partial charge in [-0.25, -0.2) is 9.59 Å². The molecule has 1 aromatic heterocycles. The van der Waals surface area contributed by atoms with E-state index in [-0.39, 0.29) is 17.9 Å². The molecule has 28 heavy (non-hydrogen) atoms. The topological polar surface area (TPSA) is 112 Å². The first kappa shape index (κ1) is 19.1. The number of ether oxygens (including phenoxy) is 1. The lowest BCUT2D eigenvalue weighted by Gasteiger charge is -2.09. The molecule has 0 spiro atoms. The Kier molecular flexibility index (Phi) is 5.39. The number of esters is 1. The SMILES string of the molecule is CCc1ccc2c(COC(=O)c3ccc(NC)c([N+](=O)[O-])c3)cc(=O)oc2c1. The Bertz CT molecular complexity index is 1120. The third-order valence-corrected chi connectivity index (χ3v) is 4.36. The van der Waals surface area contributed by atoms with Gasteiger partial charge in [-0.2, -0.15) is 0 Å². The number of carbonyl (C=O) groups is 1. The molecule has 0 bridgehead atoms. The highest BCUT2D eigenvalue weighted by molar-refractivity contribution is 5.91. The first-order valence-corrected chi connectivity index (χ1v) is 8.62. The number of rotatable bonds is 6. The summed E-state index contributed by atoms with van der Waals surface area (Å²) < 4.78 is 10.5. The number of fused-ring (bicyclic) bond motifs is 1. The molecule has 0 aliphatic heterocycles. The van der Waals surface area contributed by atoms with Crippen molar-refractivity contribution in [3.63, 3.8) is 0 Å². The highest BCUT2D eigenvalue weighted by Crippen LogP contribution is 2.26. The number of carbonyl (C=O) groups excluding carboxylic acids is 1. The summed E-state index contributed by atoms with van der Waals surface area (Å²) >= 11 is 0. The molecule has 3 rings (SSSR count). The summed E-state index contributed by atoms with van der Waals surface area (Å²) in [5.74, 6) is -0.725. The van der Waals surface area contributed by atoms with Gasteiger partial charge in [-0.15, -0.1) is 0 Å². The molecule has 8 heteroatoms. The predicted octanol–water partition coefficient (Wildman–Crippen LogP) is 3.66. The smallest absolute Gasteiger partial charge is 0.338 e. The average Bonchev–Trinajstić information content (AvgIpc) is 2.70. The number of benzene rings is 2. The molecule has 8 nitrogen and oxygen atoms in total. The lowest BCUT2D eigenvalue weighted by atomic mass is 10.1. The summed E-state index contributed by atoms with van der Waals surface area (Å²) in [7, 11) is 1.55. The van der Waals surface area contributed by atoms with Gasteiger partial charge in [0, 0.05) is 30.1 Å². The molecule has 2 aromatic carbocycles. The molecule has 0 radical (unpaired) electrons. The van der Waals surface area contributed by atoms with Crippen LogP contribution in [0.1, 0.15) is 28.4 Å². The van der Waals surface area contributed by atoms with Crippen LogP contribution in [-0.2, 0) is 17.8 Å². The van der Waals surface area contributed by atoms with E-state index in [0.29, 0.717) is 22.2 Å². The van der Waals surface area contributed by atoms with Gasteiger partial charge in [-0.3, -0.25) is 10.1 Å². The van der Waals surface area contributed by atoms with Crippen molar-refractivity contribution in [1.82, 2.24) is 0 Å². The maximum Gasteiger partial charge on any atom is 0.338 e. The fourth-order valence-electron chi connectivity index (χ4n) is 2.86. The predicted molar refractivity (Wildman–Crippen MR) is 104 cm³/mol. The quantitative estimate of drug-likeness (QED) is 0.300. The van der Waals surface area contributed by atoms with E-state index in [1.54, 1.807) is 13.1 Å². The standard InChI is InChI=1S/C20H18N2O6/c1-3-12-4-6-15-14(10-19(23)28-18(15)8-12)11-27-20(24)13-5-7-16(21-2)17(9-13)22(25)26/h4-10,21H,3,11H2,1-2H3. The summed E-state index contributed by atoms with van der Waals surface area (Å²) in [6.45, 7) is 1.83. The molecule has 1 heterocycles. The van der Waals surface area contributed by atoms with Crippen LogP contribution in [0, 0.1) is 10.1 Å². The molecule has 0 atom stereocenters. The zero-order valence-electron chi connectivity index (χ0n) is 15.4. The molecular formula is C20H18N2O6. The minimum atomic E-state index is -0.725. The average molecular weight is 382 g/mol. The maximum atomic E-state index is 12.3. The van der Waals surface area contributed by atoms with Gasteiger partial charge in [0.15, 0.2) is 0 Å². The minimum absolute atomic E-state index is 0.0474. The van der Waals surface area contributed by atoms with E-state index in [1.165, 1.54) is 18.2 Å². The molecular weight excluding hydrogens is 364 g/mol. The second kappa shape index (κ2) is 7.91. The number of nitrogens with zero attached hydrogens (tertiary/aromatic N) is 1. The number of nitrogens with one attached hydrogen (secondary N) is 1. The highest BCUT2D eigenvalue weighted by atomic mass is 16.6. The Morgan fingerprint density at radius 1 is 1.21 bits per heavy atom. The molecule has 144 valence electrons. The Morgan fingerprint density at radius 3 is 2.68 bits per heavy atom. The fourth-order valence-corrected chi connectivity index (χ4v) is 2.86. The van der Waals surface area contributed by atoms with E-state index in [0.717, 1.165) is 18.1 Å². The molecule has 0 saturated carbocycles. The Labute approximate surface area is 159 Å². The first-order valence-electron chi connectivity index (χ1n) is 8.62. The molecule has 0 fully saturated rings. The van der Waals surface area contributed by atoms with Gasteiger partial charge >= 0.3 is 11.6 Å². The summed E-state index contributed by atoms with van der Waals surface area (Å²) in [5, 5.41) is 14.5. The van der Waals surface area contributed by atoms with Gasteiger partial charge in [-0.1, -0.05) is 19.1 Å². The number of anilines is 1. The van der Waals surface area contributed by atoms with Crippen molar-refractivity contribution < 1.29 is 18.9 Å². The van der Waals surface area contributed by atoms with E-state index < -0.39 is 16.5 Å². The largest absolute Gasteiger partial charge is 0.457 e. The normalized spacial score (nSPS) is 10.6. The number of nitro groups is 1. The van der Waals surface area contributed by atoms with E-state index >= 15 is 0 Å². The summed E-state index contributed by atoms with van der Waals surface area (Å²) in [6, 6.07) is 10.8. The monoisotopic (exact) mass is 382 g/mol. The lowest BCUT2D eigenvalue weighted by molar-refractivity contribution is -0.384. The van der Waals surface area contributed by atoms with Crippen LogP contribution < -0.4 is 10.9 Å². The van der Waals surface area contributed by atoms with Crippen LogP contribution in [-0.4, -0.2) is 17.9 Å². The van der Waals surface area contributed by atoms with Crippen LogP contribution >= 0.6 is 0 Å². The van der Waals surface area contributed by atoms with Gasteiger partial charge in [0.2, 0.25) is 0 Å². The number of hydrogen-bond acceptors (Lipinski definition) is 7. The first-order chi connectivity index (χ1) is 13.4. The van der Waals surface area contributed by atoms with Crippen molar-refractivity contribution in [3.8, 4) is 0 Å². The lowest BCUT2D eigenvalue weighted by Crippen LogP contribution is -2.09. The van der Waals surface area contributed by atoms with E-state index in [2.05, 4.69) is 5.32 Å². The van der Waals surface area contributed by atoms with Crippen molar-refractivity contribution in [1.29, 1.82) is 0 Å². The van der Waals surface area contributed by atoms with Crippen LogP contribution in [0.5, 0.6) is 0 Å². The van der Waals surface area contributed by atoms with Crippen LogP contribution in [0.3, 0.4) is 0 Å². The van der Waals surface area contributed by atoms with Gasteiger partial charge < -0.3 is 14.5 Å². The van der Waals surface area contributed by atoms with Gasteiger partial charge in [-0.05, 0) is 30.2 Å². The molecule has 0 aliphatic rings. The van der Waals surface area contributed by atoms with E-state index in [4.69, 9.17) is 9.15 Å². The zero-order valence-corrected chi connectivity index (χ0v) is 15.4. The van der Waals surface area contributed by atoms with Crippen molar-refractivity contribution in [2.45, 2.75) is 20.0 Å².